The minimum atomic E-state index is -0.698. The van der Waals surface area contributed by atoms with Crippen molar-refractivity contribution in [1.29, 1.82) is 0 Å². The third-order valence-corrected chi connectivity index (χ3v) is 7.65. The lowest BCUT2D eigenvalue weighted by molar-refractivity contribution is -0.129. The van der Waals surface area contributed by atoms with E-state index in [9.17, 15) is 14.4 Å². The van der Waals surface area contributed by atoms with Crippen LogP contribution < -0.4 is 19.5 Å². The number of amides is 2. The number of amidine groups is 1. The number of nitrogens with one attached hydrogen (secondary N) is 1. The maximum atomic E-state index is 13.4. The second kappa shape index (κ2) is 14.4. The molecule has 0 bridgehead atoms. The van der Waals surface area contributed by atoms with Crippen molar-refractivity contribution in [2.24, 2.45) is 4.99 Å². The summed E-state index contributed by atoms with van der Waals surface area (Å²) in [6.45, 7) is 2.37. The van der Waals surface area contributed by atoms with E-state index in [4.69, 9.17) is 23.9 Å². The van der Waals surface area contributed by atoms with E-state index < -0.39 is 11.2 Å². The number of hydrogen-bond acceptors (Lipinski definition) is 9. The van der Waals surface area contributed by atoms with Gasteiger partial charge >= 0.3 is 5.97 Å². The molecule has 1 saturated heterocycles. The Bertz CT molecular complexity index is 1440. The summed E-state index contributed by atoms with van der Waals surface area (Å²) in [5, 5.41) is 2.57. The van der Waals surface area contributed by atoms with Crippen molar-refractivity contribution >= 4 is 46.1 Å². The van der Waals surface area contributed by atoms with Gasteiger partial charge in [0.15, 0.2) is 16.7 Å². The van der Waals surface area contributed by atoms with Crippen LogP contribution in [0.15, 0.2) is 71.7 Å². The van der Waals surface area contributed by atoms with Crippen LogP contribution in [0.3, 0.4) is 0 Å². The molecule has 0 aliphatic carbocycles. The topological polar surface area (TPSA) is 116 Å². The van der Waals surface area contributed by atoms with Gasteiger partial charge in [-0.2, -0.15) is 0 Å². The fourth-order valence-electron chi connectivity index (χ4n) is 4.23. The lowest BCUT2D eigenvalue weighted by atomic mass is 10.1. The summed E-state index contributed by atoms with van der Waals surface area (Å²) in [5.74, 6) is 0.934. The number of benzene rings is 3. The normalized spacial score (nSPS) is 15.7. The van der Waals surface area contributed by atoms with E-state index in [1.807, 2.05) is 18.2 Å². The van der Waals surface area contributed by atoms with E-state index in [1.54, 1.807) is 81.7 Å². The van der Waals surface area contributed by atoms with Gasteiger partial charge in [-0.1, -0.05) is 17.8 Å². The highest BCUT2D eigenvalue weighted by Gasteiger charge is 2.36. The van der Waals surface area contributed by atoms with Crippen molar-refractivity contribution < 1.29 is 33.3 Å². The monoisotopic (exact) mass is 591 g/mol. The van der Waals surface area contributed by atoms with Gasteiger partial charge in [0.05, 0.1) is 39.2 Å². The number of thioether (sulfide) groups is 1. The fraction of sp³-hybridized carbons (Fsp3) is 0.290. The second-order valence-corrected chi connectivity index (χ2v) is 10.3. The standard InChI is InChI=1S/C31H33N3O7S/c1-5-41-30(37)21-7-9-22(10-8-21)32-29(36)27-19-28(35)34(17-16-20-6-15-25(39-3)26(18-20)40-4)31(42-27)33-23-11-13-24(38-2)14-12-23/h6-15,18,27H,5,16-17,19H2,1-4H3,(H,32,36)/t27-/m0/s1. The summed E-state index contributed by atoms with van der Waals surface area (Å²) in [6, 6.07) is 19.2. The van der Waals surface area contributed by atoms with Crippen molar-refractivity contribution in [1.82, 2.24) is 4.90 Å². The van der Waals surface area contributed by atoms with Crippen LogP contribution in [-0.2, 0) is 20.7 Å². The lowest BCUT2D eigenvalue weighted by Gasteiger charge is -2.32. The molecule has 1 atom stereocenters. The molecule has 1 fully saturated rings. The largest absolute Gasteiger partial charge is 0.497 e. The van der Waals surface area contributed by atoms with Gasteiger partial charge in [-0.15, -0.1) is 0 Å². The molecule has 0 spiro atoms. The molecule has 10 nitrogen and oxygen atoms in total. The number of methoxy groups -OCH3 is 3. The number of nitrogens with zero attached hydrogens (tertiary/aromatic N) is 2. The van der Waals surface area contributed by atoms with Crippen LogP contribution in [0.25, 0.3) is 0 Å². The van der Waals surface area contributed by atoms with E-state index in [0.717, 1.165) is 5.56 Å². The Morgan fingerprint density at radius 1 is 0.952 bits per heavy atom. The molecular formula is C31H33N3O7S. The average molecular weight is 592 g/mol. The van der Waals surface area contributed by atoms with Gasteiger partial charge in [0, 0.05) is 18.7 Å². The zero-order chi connectivity index (χ0) is 30.1. The number of esters is 1. The van der Waals surface area contributed by atoms with Crippen LogP contribution in [0.1, 0.15) is 29.3 Å². The predicted octanol–water partition coefficient (Wildman–Crippen LogP) is 5.09. The lowest BCUT2D eigenvalue weighted by Crippen LogP contribution is -2.46. The highest BCUT2D eigenvalue weighted by molar-refractivity contribution is 8.15. The SMILES string of the molecule is CCOC(=O)c1ccc(NC(=O)[C@@H]2CC(=O)N(CCc3ccc(OC)c(OC)c3)C(=Nc3ccc(OC)cc3)S2)cc1. The van der Waals surface area contributed by atoms with Crippen LogP contribution in [0.5, 0.6) is 17.2 Å². The van der Waals surface area contributed by atoms with Gasteiger partial charge in [-0.25, -0.2) is 9.79 Å². The van der Waals surface area contributed by atoms with Gasteiger partial charge in [0.2, 0.25) is 11.8 Å². The Kier molecular flexibility index (Phi) is 10.4. The molecular weight excluding hydrogens is 558 g/mol. The van der Waals surface area contributed by atoms with Crippen molar-refractivity contribution in [3.05, 3.63) is 77.9 Å². The molecule has 0 unspecified atom stereocenters. The molecule has 3 aromatic carbocycles. The number of carbonyl (C=O) groups excluding carboxylic acids is 3. The molecule has 42 heavy (non-hydrogen) atoms. The first-order valence-corrected chi connectivity index (χ1v) is 14.2. The van der Waals surface area contributed by atoms with Gasteiger partial charge < -0.3 is 24.3 Å². The molecule has 1 aliphatic heterocycles. The van der Waals surface area contributed by atoms with Crippen molar-refractivity contribution in [3.8, 4) is 17.2 Å². The van der Waals surface area contributed by atoms with E-state index in [0.29, 0.717) is 52.3 Å². The number of carbonyl (C=O) groups is 3. The molecule has 1 heterocycles. The second-order valence-electron chi connectivity index (χ2n) is 9.17. The first-order chi connectivity index (χ1) is 20.3. The number of ether oxygens (including phenoxy) is 4. The van der Waals surface area contributed by atoms with E-state index >= 15 is 0 Å². The highest BCUT2D eigenvalue weighted by atomic mass is 32.2. The van der Waals surface area contributed by atoms with Crippen LogP contribution in [-0.4, -0.2) is 67.6 Å². The zero-order valence-corrected chi connectivity index (χ0v) is 24.7. The van der Waals surface area contributed by atoms with Crippen molar-refractivity contribution in [3.63, 3.8) is 0 Å². The molecule has 11 heteroatoms. The Morgan fingerprint density at radius 3 is 2.31 bits per heavy atom. The van der Waals surface area contributed by atoms with E-state index in [2.05, 4.69) is 5.32 Å². The van der Waals surface area contributed by atoms with Crippen LogP contribution in [0.4, 0.5) is 11.4 Å². The van der Waals surface area contributed by atoms with Crippen LogP contribution in [0.2, 0.25) is 0 Å². The van der Waals surface area contributed by atoms with Gasteiger partial charge in [0.1, 0.15) is 11.0 Å². The maximum absolute atomic E-state index is 13.4. The molecule has 4 rings (SSSR count). The molecule has 0 saturated carbocycles. The summed E-state index contributed by atoms with van der Waals surface area (Å²) in [7, 11) is 4.74. The Hall–Kier alpha value is -4.51. The van der Waals surface area contributed by atoms with Crippen LogP contribution in [0, 0.1) is 0 Å². The Balaban J connectivity index is 1.52. The summed E-state index contributed by atoms with van der Waals surface area (Å²) >= 11 is 1.23. The van der Waals surface area contributed by atoms with E-state index in [-0.39, 0.29) is 24.8 Å². The number of anilines is 1. The molecule has 220 valence electrons. The first kappa shape index (κ1) is 30.4. The minimum Gasteiger partial charge on any atom is -0.497 e. The number of aliphatic imine (C=N–C) groups is 1. The summed E-state index contributed by atoms with van der Waals surface area (Å²) in [5.41, 5.74) is 2.47. The molecule has 0 radical (unpaired) electrons. The fourth-order valence-corrected chi connectivity index (χ4v) is 5.36. The highest BCUT2D eigenvalue weighted by Crippen LogP contribution is 2.32. The van der Waals surface area contributed by atoms with E-state index in [1.165, 1.54) is 11.8 Å². The van der Waals surface area contributed by atoms with Gasteiger partial charge in [0.25, 0.3) is 0 Å². The van der Waals surface area contributed by atoms with Gasteiger partial charge in [-0.3, -0.25) is 14.5 Å². The predicted molar refractivity (Wildman–Crippen MR) is 162 cm³/mol. The zero-order valence-electron chi connectivity index (χ0n) is 23.9. The molecule has 1 aliphatic rings. The van der Waals surface area contributed by atoms with Crippen LogP contribution >= 0.6 is 11.8 Å². The maximum Gasteiger partial charge on any atom is 0.338 e. The van der Waals surface area contributed by atoms with Crippen molar-refractivity contribution in [2.75, 3.05) is 39.8 Å². The summed E-state index contributed by atoms with van der Waals surface area (Å²) in [6.07, 6.45) is 0.545. The first-order valence-electron chi connectivity index (χ1n) is 13.3. The molecule has 2 amide bonds. The number of hydrogen-bond donors (Lipinski definition) is 1. The summed E-state index contributed by atoms with van der Waals surface area (Å²) < 4.78 is 21.0. The minimum absolute atomic E-state index is 0.00494. The molecule has 0 aromatic heterocycles. The summed E-state index contributed by atoms with van der Waals surface area (Å²) in [4.78, 5) is 45.0. The Labute approximate surface area is 249 Å². The van der Waals surface area contributed by atoms with Crippen molar-refractivity contribution in [2.45, 2.75) is 25.0 Å². The smallest absolute Gasteiger partial charge is 0.338 e. The molecule has 1 N–H and O–H groups in total. The quantitative estimate of drug-likeness (QED) is 0.307. The number of rotatable bonds is 11. The average Bonchev–Trinajstić information content (AvgIpc) is 3.01. The Morgan fingerprint density at radius 2 is 1.67 bits per heavy atom. The third kappa shape index (κ3) is 7.61. The van der Waals surface area contributed by atoms with Gasteiger partial charge in [-0.05, 0) is 79.6 Å². The molecule has 3 aromatic rings. The third-order valence-electron chi connectivity index (χ3n) is 6.46.